The number of hydrogen-bond donors (Lipinski definition) is 0. The van der Waals surface area contributed by atoms with Crippen LogP contribution in [0.1, 0.15) is 11.3 Å². The van der Waals surface area contributed by atoms with Crippen molar-refractivity contribution in [1.82, 2.24) is 9.47 Å². The minimum Gasteiger partial charge on any atom is -0.368 e. The van der Waals surface area contributed by atoms with Gasteiger partial charge in [0, 0.05) is 51.7 Å². The molecule has 0 radical (unpaired) electrons. The van der Waals surface area contributed by atoms with Crippen molar-refractivity contribution < 1.29 is 0 Å². The zero-order chi connectivity index (χ0) is 14.8. The van der Waals surface area contributed by atoms with E-state index < -0.39 is 0 Å². The average molecular weight is 304 g/mol. The van der Waals surface area contributed by atoms with Gasteiger partial charge < -0.3 is 9.47 Å². The SMILES string of the molecule is Cc1c(CN2CCN(c3ccccc3Cl)CC2)ccn1C. The summed E-state index contributed by atoms with van der Waals surface area (Å²) in [5.41, 5.74) is 3.96. The maximum absolute atomic E-state index is 6.29. The van der Waals surface area contributed by atoms with Gasteiger partial charge >= 0.3 is 0 Å². The number of aryl methyl sites for hydroxylation is 1. The number of aromatic nitrogens is 1. The summed E-state index contributed by atoms with van der Waals surface area (Å²) in [7, 11) is 2.11. The van der Waals surface area contributed by atoms with Crippen LogP contribution in [0.4, 0.5) is 5.69 Å². The molecular weight excluding hydrogens is 282 g/mol. The number of halogens is 1. The predicted molar refractivity (Wildman–Crippen MR) is 89.1 cm³/mol. The molecule has 1 fully saturated rings. The molecule has 0 amide bonds. The molecule has 1 aliphatic heterocycles. The fourth-order valence-corrected chi connectivity index (χ4v) is 3.18. The Morgan fingerprint density at radius 2 is 1.76 bits per heavy atom. The number of piperazine rings is 1. The van der Waals surface area contributed by atoms with Crippen LogP contribution in [0, 0.1) is 6.92 Å². The Morgan fingerprint density at radius 1 is 1.05 bits per heavy atom. The molecule has 0 aliphatic carbocycles. The zero-order valence-corrected chi connectivity index (χ0v) is 13.5. The molecule has 0 saturated carbocycles. The van der Waals surface area contributed by atoms with E-state index >= 15 is 0 Å². The highest BCUT2D eigenvalue weighted by Crippen LogP contribution is 2.26. The van der Waals surface area contributed by atoms with Gasteiger partial charge in [-0.15, -0.1) is 0 Å². The van der Waals surface area contributed by atoms with Crippen molar-refractivity contribution in [3.8, 4) is 0 Å². The number of nitrogens with zero attached hydrogens (tertiary/aromatic N) is 3. The van der Waals surface area contributed by atoms with Gasteiger partial charge in [0.1, 0.15) is 0 Å². The number of anilines is 1. The number of rotatable bonds is 3. The van der Waals surface area contributed by atoms with Crippen LogP contribution in [-0.4, -0.2) is 35.6 Å². The molecule has 0 spiro atoms. The van der Waals surface area contributed by atoms with Crippen LogP contribution in [0.15, 0.2) is 36.5 Å². The largest absolute Gasteiger partial charge is 0.368 e. The van der Waals surface area contributed by atoms with Crippen molar-refractivity contribution in [1.29, 1.82) is 0 Å². The monoisotopic (exact) mass is 303 g/mol. The first-order chi connectivity index (χ1) is 10.1. The third-order valence-corrected chi connectivity index (χ3v) is 4.77. The van der Waals surface area contributed by atoms with E-state index in [0.29, 0.717) is 0 Å². The highest BCUT2D eigenvalue weighted by Gasteiger charge is 2.19. The Hall–Kier alpha value is -1.45. The molecule has 0 bridgehead atoms. The van der Waals surface area contributed by atoms with Crippen molar-refractivity contribution in [2.24, 2.45) is 7.05 Å². The molecule has 3 nitrogen and oxygen atoms in total. The second-order valence-electron chi connectivity index (χ2n) is 5.75. The Balaban J connectivity index is 1.61. The molecule has 1 aromatic carbocycles. The molecule has 1 saturated heterocycles. The molecule has 21 heavy (non-hydrogen) atoms. The van der Waals surface area contributed by atoms with Gasteiger partial charge in [0.15, 0.2) is 0 Å². The summed E-state index contributed by atoms with van der Waals surface area (Å²) < 4.78 is 2.19. The molecular formula is C17H22ClN3. The standard InChI is InChI=1S/C17H22ClN3/c1-14-15(7-8-19(14)2)13-20-9-11-21(12-10-20)17-6-4-3-5-16(17)18/h3-8H,9-13H2,1-2H3. The zero-order valence-electron chi connectivity index (χ0n) is 12.7. The quantitative estimate of drug-likeness (QED) is 0.862. The van der Waals surface area contributed by atoms with Gasteiger partial charge in [0.05, 0.1) is 10.7 Å². The van der Waals surface area contributed by atoms with E-state index in [4.69, 9.17) is 11.6 Å². The summed E-state index contributed by atoms with van der Waals surface area (Å²) in [4.78, 5) is 4.91. The second-order valence-corrected chi connectivity index (χ2v) is 6.16. The number of benzene rings is 1. The van der Waals surface area contributed by atoms with Gasteiger partial charge in [-0.2, -0.15) is 0 Å². The van der Waals surface area contributed by atoms with Crippen molar-refractivity contribution in [3.63, 3.8) is 0 Å². The molecule has 0 atom stereocenters. The van der Waals surface area contributed by atoms with Gasteiger partial charge in [-0.05, 0) is 30.7 Å². The summed E-state index contributed by atoms with van der Waals surface area (Å²) in [5.74, 6) is 0. The molecule has 112 valence electrons. The summed E-state index contributed by atoms with van der Waals surface area (Å²) >= 11 is 6.29. The van der Waals surface area contributed by atoms with Gasteiger partial charge in [0.2, 0.25) is 0 Å². The molecule has 0 unspecified atom stereocenters. The minimum absolute atomic E-state index is 0.852. The molecule has 4 heteroatoms. The highest BCUT2D eigenvalue weighted by atomic mass is 35.5. The maximum Gasteiger partial charge on any atom is 0.0639 e. The van der Waals surface area contributed by atoms with Crippen LogP contribution in [-0.2, 0) is 13.6 Å². The Labute approximate surface area is 131 Å². The summed E-state index contributed by atoms with van der Waals surface area (Å²) in [6, 6.07) is 10.4. The molecule has 2 aromatic rings. The molecule has 0 N–H and O–H groups in total. The smallest absolute Gasteiger partial charge is 0.0639 e. The van der Waals surface area contributed by atoms with Crippen LogP contribution >= 0.6 is 11.6 Å². The van der Waals surface area contributed by atoms with Gasteiger partial charge in [-0.3, -0.25) is 4.90 Å². The van der Waals surface area contributed by atoms with Crippen molar-refractivity contribution in [2.75, 3.05) is 31.1 Å². The molecule has 3 rings (SSSR count). The van der Waals surface area contributed by atoms with Crippen molar-refractivity contribution >= 4 is 17.3 Å². The van der Waals surface area contributed by atoms with Crippen LogP contribution in [0.5, 0.6) is 0 Å². The lowest BCUT2D eigenvalue weighted by molar-refractivity contribution is 0.249. The lowest BCUT2D eigenvalue weighted by Crippen LogP contribution is -2.46. The van der Waals surface area contributed by atoms with E-state index in [2.05, 4.69) is 52.7 Å². The molecule has 1 aliphatic rings. The predicted octanol–water partition coefficient (Wildman–Crippen LogP) is 3.31. The van der Waals surface area contributed by atoms with Gasteiger partial charge in [0.25, 0.3) is 0 Å². The average Bonchev–Trinajstić information content (AvgIpc) is 2.81. The highest BCUT2D eigenvalue weighted by molar-refractivity contribution is 6.33. The number of para-hydroxylation sites is 1. The van der Waals surface area contributed by atoms with Crippen molar-refractivity contribution in [3.05, 3.63) is 52.8 Å². The first-order valence-electron chi connectivity index (χ1n) is 7.48. The fraction of sp³-hybridized carbons (Fsp3) is 0.412. The first-order valence-corrected chi connectivity index (χ1v) is 7.85. The van der Waals surface area contributed by atoms with Crippen molar-refractivity contribution in [2.45, 2.75) is 13.5 Å². The summed E-state index contributed by atoms with van der Waals surface area (Å²) in [6.07, 6.45) is 2.14. The van der Waals surface area contributed by atoms with E-state index in [1.165, 1.54) is 11.3 Å². The lowest BCUT2D eigenvalue weighted by atomic mass is 10.2. The van der Waals surface area contributed by atoms with Crippen LogP contribution < -0.4 is 4.90 Å². The van der Waals surface area contributed by atoms with Crippen LogP contribution in [0.25, 0.3) is 0 Å². The summed E-state index contributed by atoms with van der Waals surface area (Å²) in [5, 5.41) is 0.852. The third kappa shape index (κ3) is 3.09. The topological polar surface area (TPSA) is 11.4 Å². The number of hydrogen-bond acceptors (Lipinski definition) is 2. The Bertz CT molecular complexity index is 612. The lowest BCUT2D eigenvalue weighted by Gasteiger charge is -2.36. The normalized spacial score (nSPS) is 16.4. The van der Waals surface area contributed by atoms with E-state index in [0.717, 1.165) is 43.4 Å². The third-order valence-electron chi connectivity index (χ3n) is 4.45. The van der Waals surface area contributed by atoms with Crippen LogP contribution in [0.3, 0.4) is 0 Å². The molecule has 1 aromatic heterocycles. The van der Waals surface area contributed by atoms with E-state index in [1.54, 1.807) is 0 Å². The van der Waals surface area contributed by atoms with Gasteiger partial charge in [-0.1, -0.05) is 23.7 Å². The Morgan fingerprint density at radius 3 is 2.38 bits per heavy atom. The van der Waals surface area contributed by atoms with E-state index in [1.807, 2.05) is 12.1 Å². The van der Waals surface area contributed by atoms with Gasteiger partial charge in [-0.25, -0.2) is 0 Å². The fourth-order valence-electron chi connectivity index (χ4n) is 2.92. The Kier molecular flexibility index (Phi) is 4.22. The first kappa shape index (κ1) is 14.5. The van der Waals surface area contributed by atoms with E-state index in [9.17, 15) is 0 Å². The second kappa shape index (κ2) is 6.12. The van der Waals surface area contributed by atoms with Crippen LogP contribution in [0.2, 0.25) is 5.02 Å². The van der Waals surface area contributed by atoms with E-state index in [-0.39, 0.29) is 0 Å². The minimum atomic E-state index is 0.852. The maximum atomic E-state index is 6.29. The molecule has 2 heterocycles. The summed E-state index contributed by atoms with van der Waals surface area (Å²) in [6.45, 7) is 7.47.